The van der Waals surface area contributed by atoms with Crippen LogP contribution in [0.15, 0.2) is 48.5 Å². The van der Waals surface area contributed by atoms with Gasteiger partial charge in [0.2, 0.25) is 0 Å². The Bertz CT molecular complexity index is 629. The average molecular weight is 299 g/mol. The molecule has 2 aromatic rings. The van der Waals surface area contributed by atoms with Crippen molar-refractivity contribution in [3.8, 4) is 0 Å². The minimum atomic E-state index is -0.705. The molecule has 21 heavy (non-hydrogen) atoms. The molecule has 2 bridgehead atoms. The zero-order valence-corrected chi connectivity index (χ0v) is 12.7. The van der Waals surface area contributed by atoms with Crippen molar-refractivity contribution in [1.29, 1.82) is 0 Å². The second-order valence-corrected chi connectivity index (χ2v) is 6.92. The fraction of sp³-hybridized carbons (Fsp3) is 0.368. The molecule has 0 amide bonds. The van der Waals surface area contributed by atoms with Gasteiger partial charge in [-0.1, -0.05) is 48.0 Å². The third kappa shape index (κ3) is 2.03. The monoisotopic (exact) mass is 298 g/mol. The van der Waals surface area contributed by atoms with E-state index in [0.29, 0.717) is 11.8 Å². The van der Waals surface area contributed by atoms with Crippen molar-refractivity contribution in [3.05, 3.63) is 70.2 Å². The summed E-state index contributed by atoms with van der Waals surface area (Å²) in [4.78, 5) is 0. The maximum Gasteiger partial charge on any atom is 0.0958 e. The first-order valence-electron chi connectivity index (χ1n) is 7.73. The first kappa shape index (κ1) is 13.4. The van der Waals surface area contributed by atoms with Crippen molar-refractivity contribution in [2.24, 2.45) is 11.8 Å². The standard InChI is InChI=1S/C19H19ClO/c20-18-9-7-15(8-10-18)19(21)16-5-6-17(19)12-14-4-2-1-3-13(14)11-16/h1-4,7-10,16-17,21H,5-6,11-12H2. The van der Waals surface area contributed by atoms with E-state index in [4.69, 9.17) is 11.6 Å². The lowest BCUT2D eigenvalue weighted by Crippen LogP contribution is -2.37. The van der Waals surface area contributed by atoms with Crippen molar-refractivity contribution in [1.82, 2.24) is 0 Å². The van der Waals surface area contributed by atoms with Gasteiger partial charge in [-0.15, -0.1) is 0 Å². The lowest BCUT2D eigenvalue weighted by Gasteiger charge is -2.34. The van der Waals surface area contributed by atoms with Gasteiger partial charge < -0.3 is 5.11 Å². The van der Waals surface area contributed by atoms with Crippen LogP contribution in [0.5, 0.6) is 0 Å². The lowest BCUT2D eigenvalue weighted by atomic mass is 9.77. The van der Waals surface area contributed by atoms with Crippen molar-refractivity contribution in [3.63, 3.8) is 0 Å². The van der Waals surface area contributed by atoms with Crippen LogP contribution >= 0.6 is 11.6 Å². The Labute approximate surface area is 130 Å². The summed E-state index contributed by atoms with van der Waals surface area (Å²) >= 11 is 6.01. The molecule has 2 aromatic carbocycles. The maximum atomic E-state index is 11.5. The summed E-state index contributed by atoms with van der Waals surface area (Å²) in [5.41, 5.74) is 3.16. The van der Waals surface area contributed by atoms with Crippen LogP contribution in [0.25, 0.3) is 0 Å². The van der Waals surface area contributed by atoms with Gasteiger partial charge in [0.1, 0.15) is 0 Å². The number of hydrogen-bond acceptors (Lipinski definition) is 1. The molecule has 0 spiro atoms. The number of hydrogen-bond donors (Lipinski definition) is 1. The Morgan fingerprint density at radius 2 is 1.38 bits per heavy atom. The van der Waals surface area contributed by atoms with Crippen LogP contribution in [0.1, 0.15) is 29.5 Å². The number of aliphatic hydroxyl groups is 1. The van der Waals surface area contributed by atoms with Crippen molar-refractivity contribution in [2.45, 2.75) is 31.3 Å². The van der Waals surface area contributed by atoms with Crippen LogP contribution in [0.2, 0.25) is 5.02 Å². The fourth-order valence-electron chi connectivity index (χ4n) is 4.37. The van der Waals surface area contributed by atoms with E-state index in [0.717, 1.165) is 36.3 Å². The zero-order chi connectivity index (χ0) is 14.4. The summed E-state index contributed by atoms with van der Waals surface area (Å²) in [6.07, 6.45) is 4.17. The molecule has 1 nitrogen and oxygen atoms in total. The van der Waals surface area contributed by atoms with Gasteiger partial charge >= 0.3 is 0 Å². The smallest absolute Gasteiger partial charge is 0.0958 e. The SMILES string of the molecule is OC1(c2ccc(Cl)cc2)C2CCC1Cc1ccccc1C2. The van der Waals surface area contributed by atoms with E-state index in [9.17, 15) is 5.11 Å². The molecule has 108 valence electrons. The number of rotatable bonds is 1. The van der Waals surface area contributed by atoms with Crippen LogP contribution in [0.4, 0.5) is 0 Å². The Balaban J connectivity index is 1.79. The molecule has 0 heterocycles. The molecule has 1 fully saturated rings. The molecule has 0 radical (unpaired) electrons. The van der Waals surface area contributed by atoms with Crippen molar-refractivity contribution < 1.29 is 5.11 Å². The molecular weight excluding hydrogens is 280 g/mol. The third-order valence-corrected chi connectivity index (χ3v) is 5.72. The van der Waals surface area contributed by atoms with Crippen LogP contribution in [-0.2, 0) is 18.4 Å². The average Bonchev–Trinajstić information content (AvgIpc) is 2.71. The second-order valence-electron chi connectivity index (χ2n) is 6.48. The van der Waals surface area contributed by atoms with Gasteiger partial charge in [0, 0.05) is 5.02 Å². The quantitative estimate of drug-likeness (QED) is 0.830. The van der Waals surface area contributed by atoms with Gasteiger partial charge in [0.25, 0.3) is 0 Å². The largest absolute Gasteiger partial charge is 0.385 e. The van der Waals surface area contributed by atoms with Gasteiger partial charge in [-0.25, -0.2) is 0 Å². The highest BCUT2D eigenvalue weighted by Crippen LogP contribution is 2.52. The highest BCUT2D eigenvalue weighted by Gasteiger charge is 2.51. The zero-order valence-electron chi connectivity index (χ0n) is 11.9. The summed E-state index contributed by atoms with van der Waals surface area (Å²) in [5.74, 6) is 0.625. The van der Waals surface area contributed by atoms with Gasteiger partial charge in [-0.2, -0.15) is 0 Å². The third-order valence-electron chi connectivity index (χ3n) is 5.47. The summed E-state index contributed by atoms with van der Waals surface area (Å²) in [5, 5.41) is 12.3. The molecule has 0 aromatic heterocycles. The Hall–Kier alpha value is -1.31. The highest BCUT2D eigenvalue weighted by molar-refractivity contribution is 6.30. The van der Waals surface area contributed by atoms with Gasteiger partial charge in [0.15, 0.2) is 0 Å². The van der Waals surface area contributed by atoms with E-state index >= 15 is 0 Å². The second kappa shape index (κ2) is 4.86. The number of benzene rings is 2. The Morgan fingerprint density at radius 3 is 1.90 bits per heavy atom. The van der Waals surface area contributed by atoms with Crippen molar-refractivity contribution >= 4 is 11.6 Å². The predicted molar refractivity (Wildman–Crippen MR) is 85.4 cm³/mol. The molecule has 2 heteroatoms. The van der Waals surface area contributed by atoms with Gasteiger partial charge in [-0.3, -0.25) is 0 Å². The van der Waals surface area contributed by atoms with Crippen LogP contribution in [0.3, 0.4) is 0 Å². The van der Waals surface area contributed by atoms with E-state index in [1.54, 1.807) is 0 Å². The molecule has 4 rings (SSSR count). The first-order valence-corrected chi connectivity index (χ1v) is 8.11. The Kier molecular flexibility index (Phi) is 3.09. The molecular formula is C19H19ClO. The molecule has 2 aliphatic carbocycles. The van der Waals surface area contributed by atoms with E-state index in [1.165, 1.54) is 11.1 Å². The van der Waals surface area contributed by atoms with Gasteiger partial charge in [0.05, 0.1) is 5.60 Å². The predicted octanol–water partition coefficient (Wildman–Crippen LogP) is 4.35. The minimum absolute atomic E-state index is 0.312. The molecule has 2 aliphatic rings. The molecule has 0 saturated heterocycles. The Morgan fingerprint density at radius 1 is 0.857 bits per heavy atom. The first-order chi connectivity index (χ1) is 10.2. The van der Waals surface area contributed by atoms with E-state index in [2.05, 4.69) is 24.3 Å². The van der Waals surface area contributed by atoms with E-state index < -0.39 is 5.60 Å². The van der Waals surface area contributed by atoms with Crippen LogP contribution < -0.4 is 0 Å². The van der Waals surface area contributed by atoms with E-state index in [1.807, 2.05) is 24.3 Å². The number of fused-ring (bicyclic) bond motifs is 3. The van der Waals surface area contributed by atoms with E-state index in [-0.39, 0.29) is 0 Å². The van der Waals surface area contributed by atoms with Crippen molar-refractivity contribution in [2.75, 3.05) is 0 Å². The maximum absolute atomic E-state index is 11.5. The number of halogens is 1. The van der Waals surface area contributed by atoms with Crippen LogP contribution in [-0.4, -0.2) is 5.11 Å². The van der Waals surface area contributed by atoms with Crippen LogP contribution in [0, 0.1) is 11.8 Å². The summed E-state index contributed by atoms with van der Waals surface area (Å²) in [6.45, 7) is 0. The van der Waals surface area contributed by atoms with Gasteiger partial charge in [-0.05, 0) is 66.3 Å². The molecule has 2 unspecified atom stereocenters. The fourth-order valence-corrected chi connectivity index (χ4v) is 4.49. The summed E-state index contributed by atoms with van der Waals surface area (Å²) in [7, 11) is 0. The lowest BCUT2D eigenvalue weighted by molar-refractivity contribution is -0.0395. The summed E-state index contributed by atoms with van der Waals surface area (Å²) in [6, 6.07) is 16.5. The molecule has 1 N–H and O–H groups in total. The molecule has 0 aliphatic heterocycles. The molecule has 1 saturated carbocycles. The molecule has 2 atom stereocenters. The minimum Gasteiger partial charge on any atom is -0.385 e. The topological polar surface area (TPSA) is 20.2 Å². The summed E-state index contributed by atoms with van der Waals surface area (Å²) < 4.78 is 0. The highest BCUT2D eigenvalue weighted by atomic mass is 35.5. The normalized spacial score (nSPS) is 30.8.